The molecule has 0 aliphatic carbocycles. The predicted octanol–water partition coefficient (Wildman–Crippen LogP) is 3.18. The number of anilines is 1. The summed E-state index contributed by atoms with van der Waals surface area (Å²) in [5.41, 5.74) is -1.10. The van der Waals surface area contributed by atoms with Crippen molar-refractivity contribution >= 4 is 29.1 Å². The zero-order valence-corrected chi connectivity index (χ0v) is 14.2. The lowest BCUT2D eigenvalue weighted by Gasteiger charge is -2.21. The number of carbonyl (C=O) groups excluding carboxylic acids is 2. The summed E-state index contributed by atoms with van der Waals surface area (Å²) < 4.78 is 43.5. The standard InChI is InChI=1S/C15H18ClF3N2O3/c1-4-24-9(2)14(23)21(3)8-13(22)20-10-5-6-12(16)11(7-10)15(17,18)19/h5-7,9H,4,8H2,1-3H3,(H,20,22). The van der Waals surface area contributed by atoms with Crippen molar-refractivity contribution < 1.29 is 27.5 Å². The van der Waals surface area contributed by atoms with Gasteiger partial charge in [0.25, 0.3) is 5.91 Å². The lowest BCUT2D eigenvalue weighted by molar-refractivity contribution is -0.142. The number of hydrogen-bond donors (Lipinski definition) is 1. The molecule has 1 N–H and O–H groups in total. The first-order chi connectivity index (χ1) is 11.1. The van der Waals surface area contributed by atoms with E-state index in [1.54, 1.807) is 13.8 Å². The molecule has 24 heavy (non-hydrogen) atoms. The first kappa shape index (κ1) is 20.2. The van der Waals surface area contributed by atoms with Crippen molar-refractivity contribution in [2.45, 2.75) is 26.1 Å². The Balaban J connectivity index is 2.73. The van der Waals surface area contributed by atoms with E-state index in [0.29, 0.717) is 6.61 Å². The van der Waals surface area contributed by atoms with Crippen molar-refractivity contribution in [1.29, 1.82) is 0 Å². The molecule has 0 heterocycles. The molecule has 0 radical (unpaired) electrons. The molecule has 1 atom stereocenters. The summed E-state index contributed by atoms with van der Waals surface area (Å²) in [6.07, 6.45) is -5.34. The number of halogens is 4. The number of alkyl halides is 3. The van der Waals surface area contributed by atoms with Crippen molar-refractivity contribution in [3.63, 3.8) is 0 Å². The fourth-order valence-electron chi connectivity index (χ4n) is 1.95. The van der Waals surface area contributed by atoms with Crippen molar-refractivity contribution in [3.8, 4) is 0 Å². The zero-order chi connectivity index (χ0) is 18.5. The summed E-state index contributed by atoms with van der Waals surface area (Å²) in [7, 11) is 1.40. The van der Waals surface area contributed by atoms with Crippen LogP contribution in [0.1, 0.15) is 19.4 Å². The topological polar surface area (TPSA) is 58.6 Å². The van der Waals surface area contributed by atoms with E-state index >= 15 is 0 Å². The monoisotopic (exact) mass is 366 g/mol. The summed E-state index contributed by atoms with van der Waals surface area (Å²) >= 11 is 5.51. The third kappa shape index (κ3) is 5.68. The molecule has 0 fully saturated rings. The number of nitrogens with zero attached hydrogens (tertiary/aromatic N) is 1. The summed E-state index contributed by atoms with van der Waals surface area (Å²) in [5, 5.41) is 1.85. The minimum Gasteiger partial charge on any atom is -0.369 e. The zero-order valence-electron chi connectivity index (χ0n) is 13.4. The Morgan fingerprint density at radius 3 is 2.54 bits per heavy atom. The first-order valence-corrected chi connectivity index (χ1v) is 7.47. The number of benzene rings is 1. The second-order valence-corrected chi connectivity index (χ2v) is 5.44. The van der Waals surface area contributed by atoms with Gasteiger partial charge >= 0.3 is 6.18 Å². The first-order valence-electron chi connectivity index (χ1n) is 7.09. The van der Waals surface area contributed by atoms with E-state index in [0.717, 1.165) is 17.0 Å². The number of carbonyl (C=O) groups is 2. The molecular formula is C15H18ClF3N2O3. The molecule has 2 amide bonds. The largest absolute Gasteiger partial charge is 0.417 e. The SMILES string of the molecule is CCOC(C)C(=O)N(C)CC(=O)Nc1ccc(Cl)c(C(F)(F)F)c1. The molecule has 9 heteroatoms. The number of amides is 2. The second-order valence-electron chi connectivity index (χ2n) is 5.03. The maximum absolute atomic E-state index is 12.8. The van der Waals surface area contributed by atoms with Crippen molar-refractivity contribution in [3.05, 3.63) is 28.8 Å². The fraction of sp³-hybridized carbons (Fsp3) is 0.467. The number of nitrogens with one attached hydrogen (secondary N) is 1. The Hall–Kier alpha value is -1.80. The maximum Gasteiger partial charge on any atom is 0.417 e. The van der Waals surface area contributed by atoms with Crippen LogP contribution in [0.2, 0.25) is 5.02 Å². The average Bonchev–Trinajstić information content (AvgIpc) is 2.47. The van der Waals surface area contributed by atoms with Crippen LogP contribution < -0.4 is 5.32 Å². The molecule has 0 saturated heterocycles. The number of ether oxygens (including phenoxy) is 1. The Morgan fingerprint density at radius 2 is 2.00 bits per heavy atom. The minimum atomic E-state index is -4.63. The number of rotatable bonds is 6. The van der Waals surface area contributed by atoms with Gasteiger partial charge in [-0.2, -0.15) is 13.2 Å². The molecule has 0 aliphatic heterocycles. The quantitative estimate of drug-likeness (QED) is 0.841. The van der Waals surface area contributed by atoms with Crippen molar-refractivity contribution in [1.82, 2.24) is 4.90 Å². The van der Waals surface area contributed by atoms with Gasteiger partial charge in [0, 0.05) is 19.3 Å². The van der Waals surface area contributed by atoms with Crippen molar-refractivity contribution in [2.75, 3.05) is 25.5 Å². The average molecular weight is 367 g/mol. The highest BCUT2D eigenvalue weighted by Crippen LogP contribution is 2.36. The molecule has 0 aromatic heterocycles. The van der Waals surface area contributed by atoms with E-state index < -0.39 is 34.7 Å². The van der Waals surface area contributed by atoms with Crippen molar-refractivity contribution in [2.24, 2.45) is 0 Å². The van der Waals surface area contributed by atoms with Gasteiger partial charge in [-0.15, -0.1) is 0 Å². The smallest absolute Gasteiger partial charge is 0.369 e. The van der Waals surface area contributed by atoms with Crippen LogP contribution in [0.5, 0.6) is 0 Å². The van der Waals surface area contributed by atoms with E-state index in [-0.39, 0.29) is 12.2 Å². The second kappa shape index (κ2) is 8.34. The highest BCUT2D eigenvalue weighted by atomic mass is 35.5. The normalized spacial score (nSPS) is 12.6. The summed E-state index contributed by atoms with van der Waals surface area (Å²) in [6, 6.07) is 3.04. The van der Waals surface area contributed by atoms with Gasteiger partial charge < -0.3 is 15.0 Å². The van der Waals surface area contributed by atoms with Crippen LogP contribution in [0, 0.1) is 0 Å². The van der Waals surface area contributed by atoms with Crippen LogP contribution in [0.3, 0.4) is 0 Å². The predicted molar refractivity (Wildman–Crippen MR) is 83.8 cm³/mol. The highest BCUT2D eigenvalue weighted by Gasteiger charge is 2.33. The Labute approximate surface area is 142 Å². The summed E-state index contributed by atoms with van der Waals surface area (Å²) in [4.78, 5) is 24.9. The van der Waals surface area contributed by atoms with E-state index in [1.807, 2.05) is 0 Å². The minimum absolute atomic E-state index is 0.0598. The fourth-order valence-corrected chi connectivity index (χ4v) is 2.17. The molecule has 5 nitrogen and oxygen atoms in total. The van der Waals surface area contributed by atoms with E-state index in [1.165, 1.54) is 13.1 Å². The van der Waals surface area contributed by atoms with Crippen LogP contribution in [0.4, 0.5) is 18.9 Å². The van der Waals surface area contributed by atoms with Gasteiger partial charge in [-0.3, -0.25) is 9.59 Å². The molecule has 1 unspecified atom stereocenters. The van der Waals surface area contributed by atoms with E-state index in [2.05, 4.69) is 5.32 Å². The lowest BCUT2D eigenvalue weighted by Crippen LogP contribution is -2.40. The van der Waals surface area contributed by atoms with E-state index in [9.17, 15) is 22.8 Å². The van der Waals surface area contributed by atoms with Crippen LogP contribution in [-0.4, -0.2) is 43.0 Å². The molecule has 0 aliphatic rings. The third-order valence-corrected chi connectivity index (χ3v) is 3.41. The Kier molecular flexibility index (Phi) is 7.04. The Morgan fingerprint density at radius 1 is 1.38 bits per heavy atom. The van der Waals surface area contributed by atoms with Gasteiger partial charge in [-0.05, 0) is 32.0 Å². The molecule has 0 saturated carbocycles. The highest BCUT2D eigenvalue weighted by molar-refractivity contribution is 6.31. The van der Waals surface area contributed by atoms with Gasteiger partial charge in [0.2, 0.25) is 5.91 Å². The van der Waals surface area contributed by atoms with Gasteiger partial charge in [0.15, 0.2) is 0 Å². The summed E-state index contributed by atoms with van der Waals surface area (Å²) in [5.74, 6) is -1.04. The molecule has 1 aromatic carbocycles. The number of hydrogen-bond acceptors (Lipinski definition) is 3. The van der Waals surface area contributed by atoms with Crippen LogP contribution in [0.25, 0.3) is 0 Å². The third-order valence-electron chi connectivity index (χ3n) is 3.08. The molecule has 0 bridgehead atoms. The van der Waals surface area contributed by atoms with E-state index in [4.69, 9.17) is 16.3 Å². The Bertz CT molecular complexity index is 608. The molecule has 1 rings (SSSR count). The maximum atomic E-state index is 12.8. The molecular weight excluding hydrogens is 349 g/mol. The van der Waals surface area contributed by atoms with Gasteiger partial charge in [0.1, 0.15) is 6.10 Å². The molecule has 0 spiro atoms. The number of likely N-dealkylation sites (N-methyl/N-ethyl adjacent to an activating group) is 1. The molecule has 1 aromatic rings. The van der Waals surface area contributed by atoms with Crippen LogP contribution in [-0.2, 0) is 20.5 Å². The lowest BCUT2D eigenvalue weighted by atomic mass is 10.2. The van der Waals surface area contributed by atoms with Crippen LogP contribution >= 0.6 is 11.6 Å². The van der Waals surface area contributed by atoms with Gasteiger partial charge in [-0.25, -0.2) is 0 Å². The summed E-state index contributed by atoms with van der Waals surface area (Å²) in [6.45, 7) is 3.31. The van der Waals surface area contributed by atoms with Gasteiger partial charge in [-0.1, -0.05) is 11.6 Å². The van der Waals surface area contributed by atoms with Gasteiger partial charge in [0.05, 0.1) is 17.1 Å². The molecule has 134 valence electrons. The van der Waals surface area contributed by atoms with Crippen LogP contribution in [0.15, 0.2) is 18.2 Å².